The van der Waals surface area contributed by atoms with Crippen molar-refractivity contribution in [2.75, 3.05) is 5.01 Å². The molecule has 1 aliphatic heterocycles. The highest BCUT2D eigenvalue weighted by atomic mass is 16.2. The van der Waals surface area contributed by atoms with Gasteiger partial charge in [0.2, 0.25) is 0 Å². The molecule has 0 aromatic carbocycles. The zero-order chi connectivity index (χ0) is 12.9. The van der Waals surface area contributed by atoms with Crippen LogP contribution in [0.4, 0.5) is 0 Å². The third kappa shape index (κ3) is 1.36. The van der Waals surface area contributed by atoms with Crippen LogP contribution in [0.25, 0.3) is 0 Å². The summed E-state index contributed by atoms with van der Waals surface area (Å²) in [6.07, 6.45) is 3.40. The summed E-state index contributed by atoms with van der Waals surface area (Å²) in [6, 6.07) is 0. The maximum absolute atomic E-state index is 12.3. The number of fused-ring (bicyclic) bond motifs is 1. The third-order valence-corrected chi connectivity index (χ3v) is 3.83. The van der Waals surface area contributed by atoms with Crippen LogP contribution in [0.1, 0.15) is 31.5 Å². The monoisotopic (exact) mass is 250 g/mol. The fourth-order valence-electron chi connectivity index (χ4n) is 2.95. The van der Waals surface area contributed by atoms with Crippen molar-refractivity contribution in [3.8, 4) is 0 Å². The molecule has 7 heteroatoms. The van der Waals surface area contributed by atoms with E-state index in [1.165, 1.54) is 0 Å². The summed E-state index contributed by atoms with van der Waals surface area (Å²) in [5, 5.41) is 6.95. The minimum atomic E-state index is -0.548. The first-order valence-corrected chi connectivity index (χ1v) is 6.13. The highest BCUT2D eigenvalue weighted by molar-refractivity contribution is 6.16. The molecule has 0 radical (unpaired) electrons. The third-order valence-electron chi connectivity index (χ3n) is 3.83. The Morgan fingerprint density at radius 1 is 1.11 bits per heavy atom. The first kappa shape index (κ1) is 11.2. The molecule has 18 heavy (non-hydrogen) atoms. The van der Waals surface area contributed by atoms with Crippen LogP contribution in [0.15, 0.2) is 4.79 Å². The SMILES string of the molecule is Cc1n[nH]c(=O)n1N1C(=O)C2CCCCC2C1=O. The molecular formula is C11H14N4O3. The van der Waals surface area contributed by atoms with Gasteiger partial charge in [-0.15, -0.1) is 0 Å². The Balaban J connectivity index is 2.06. The summed E-state index contributed by atoms with van der Waals surface area (Å²) in [5.74, 6) is -0.729. The Hall–Kier alpha value is -1.92. The van der Waals surface area contributed by atoms with Gasteiger partial charge in [-0.3, -0.25) is 9.59 Å². The number of carbonyl (C=O) groups is 2. The van der Waals surface area contributed by atoms with E-state index in [0.29, 0.717) is 5.82 Å². The molecule has 2 amide bonds. The van der Waals surface area contributed by atoms with E-state index in [9.17, 15) is 14.4 Å². The lowest BCUT2D eigenvalue weighted by molar-refractivity contribution is -0.125. The lowest BCUT2D eigenvalue weighted by Crippen LogP contribution is -2.46. The predicted octanol–water partition coefficient (Wildman–Crippen LogP) is -0.309. The van der Waals surface area contributed by atoms with Crippen LogP contribution in [0.5, 0.6) is 0 Å². The van der Waals surface area contributed by atoms with Crippen LogP contribution in [-0.4, -0.2) is 26.7 Å². The van der Waals surface area contributed by atoms with E-state index < -0.39 is 5.69 Å². The van der Waals surface area contributed by atoms with E-state index in [1.54, 1.807) is 6.92 Å². The average molecular weight is 250 g/mol. The van der Waals surface area contributed by atoms with Gasteiger partial charge in [-0.1, -0.05) is 12.8 Å². The van der Waals surface area contributed by atoms with E-state index in [0.717, 1.165) is 35.4 Å². The number of hydrogen-bond donors (Lipinski definition) is 1. The lowest BCUT2D eigenvalue weighted by atomic mass is 9.81. The van der Waals surface area contributed by atoms with Crippen molar-refractivity contribution in [1.82, 2.24) is 14.9 Å². The summed E-state index contributed by atoms with van der Waals surface area (Å²) in [7, 11) is 0. The van der Waals surface area contributed by atoms with Gasteiger partial charge in [-0.25, -0.2) is 9.89 Å². The first-order chi connectivity index (χ1) is 8.61. The highest BCUT2D eigenvalue weighted by Crippen LogP contribution is 2.37. The van der Waals surface area contributed by atoms with E-state index in [1.807, 2.05) is 0 Å². The number of rotatable bonds is 1. The van der Waals surface area contributed by atoms with Crippen molar-refractivity contribution in [2.24, 2.45) is 11.8 Å². The number of nitrogens with zero attached hydrogens (tertiary/aromatic N) is 3. The number of carbonyl (C=O) groups excluding carboxylic acids is 2. The quantitative estimate of drug-likeness (QED) is 0.692. The molecule has 0 spiro atoms. The minimum absolute atomic E-state index is 0.257. The predicted molar refractivity (Wildman–Crippen MR) is 61.3 cm³/mol. The molecule has 1 N–H and O–H groups in total. The Morgan fingerprint density at radius 2 is 1.67 bits per heavy atom. The minimum Gasteiger partial charge on any atom is -0.272 e. The van der Waals surface area contributed by atoms with Crippen molar-refractivity contribution in [1.29, 1.82) is 0 Å². The van der Waals surface area contributed by atoms with Crippen LogP contribution in [-0.2, 0) is 9.59 Å². The molecule has 3 rings (SSSR count). The summed E-state index contributed by atoms with van der Waals surface area (Å²) < 4.78 is 1.04. The summed E-state index contributed by atoms with van der Waals surface area (Å²) >= 11 is 0. The van der Waals surface area contributed by atoms with E-state index in [4.69, 9.17) is 0 Å². The molecule has 1 saturated heterocycles. The van der Waals surface area contributed by atoms with Crippen molar-refractivity contribution in [2.45, 2.75) is 32.6 Å². The Morgan fingerprint density at radius 3 is 2.11 bits per heavy atom. The maximum atomic E-state index is 12.3. The molecule has 2 atom stereocenters. The number of hydrogen-bond acceptors (Lipinski definition) is 4. The normalized spacial score (nSPS) is 27.7. The number of aromatic amines is 1. The second kappa shape index (κ2) is 3.79. The van der Waals surface area contributed by atoms with Crippen LogP contribution in [0, 0.1) is 18.8 Å². The largest absolute Gasteiger partial charge is 0.363 e. The van der Waals surface area contributed by atoms with Gasteiger partial charge in [0.25, 0.3) is 11.8 Å². The van der Waals surface area contributed by atoms with Crippen molar-refractivity contribution in [3.05, 3.63) is 16.3 Å². The van der Waals surface area contributed by atoms with Gasteiger partial charge >= 0.3 is 5.69 Å². The topological polar surface area (TPSA) is 88.1 Å². The number of amides is 2. The first-order valence-electron chi connectivity index (χ1n) is 6.13. The molecule has 2 fully saturated rings. The van der Waals surface area contributed by atoms with Gasteiger partial charge in [-0.05, 0) is 19.8 Å². The van der Waals surface area contributed by atoms with Crippen LogP contribution in [0.3, 0.4) is 0 Å². The lowest BCUT2D eigenvalue weighted by Gasteiger charge is -2.19. The number of aryl methyl sites for hydroxylation is 1. The second-order valence-electron chi connectivity index (χ2n) is 4.87. The molecule has 1 aromatic heterocycles. The smallest absolute Gasteiger partial charge is 0.272 e. The van der Waals surface area contributed by atoms with Crippen molar-refractivity contribution in [3.63, 3.8) is 0 Å². The highest BCUT2D eigenvalue weighted by Gasteiger charge is 2.50. The maximum Gasteiger partial charge on any atom is 0.363 e. The van der Waals surface area contributed by atoms with E-state index in [-0.39, 0.29) is 23.7 Å². The van der Waals surface area contributed by atoms with Gasteiger partial charge in [0, 0.05) is 0 Å². The van der Waals surface area contributed by atoms with Crippen molar-refractivity contribution >= 4 is 11.8 Å². The van der Waals surface area contributed by atoms with Gasteiger partial charge < -0.3 is 0 Å². The fourth-order valence-corrected chi connectivity index (χ4v) is 2.95. The van der Waals surface area contributed by atoms with Gasteiger partial charge in [-0.2, -0.15) is 14.8 Å². The van der Waals surface area contributed by atoms with E-state index >= 15 is 0 Å². The number of H-pyrrole nitrogens is 1. The molecule has 7 nitrogen and oxygen atoms in total. The number of nitrogens with one attached hydrogen (secondary N) is 1. The molecule has 2 heterocycles. The standard InChI is InChI=1S/C11H14N4O3/c1-6-12-13-11(18)14(6)15-9(16)7-4-2-3-5-8(7)10(15)17/h7-8H,2-5H2,1H3,(H,13,18). The van der Waals surface area contributed by atoms with Crippen molar-refractivity contribution < 1.29 is 9.59 Å². The second-order valence-corrected chi connectivity index (χ2v) is 4.87. The van der Waals surface area contributed by atoms with E-state index in [2.05, 4.69) is 10.2 Å². The van der Waals surface area contributed by atoms with Gasteiger partial charge in [0.05, 0.1) is 11.8 Å². The Bertz CT molecular complexity index is 549. The Labute approximate surface area is 103 Å². The summed E-state index contributed by atoms with van der Waals surface area (Å²) in [4.78, 5) is 36.1. The summed E-state index contributed by atoms with van der Waals surface area (Å²) in [6.45, 7) is 1.58. The molecule has 1 saturated carbocycles. The van der Waals surface area contributed by atoms with Gasteiger partial charge in [0.15, 0.2) is 5.82 Å². The molecule has 2 unspecified atom stereocenters. The molecule has 2 aliphatic rings. The molecule has 0 bridgehead atoms. The molecule has 96 valence electrons. The Kier molecular flexibility index (Phi) is 2.36. The van der Waals surface area contributed by atoms with Crippen LogP contribution < -0.4 is 10.7 Å². The molecule has 1 aliphatic carbocycles. The van der Waals surface area contributed by atoms with Crippen LogP contribution in [0.2, 0.25) is 0 Å². The van der Waals surface area contributed by atoms with Gasteiger partial charge in [0.1, 0.15) is 0 Å². The zero-order valence-corrected chi connectivity index (χ0v) is 10.0. The number of aromatic nitrogens is 3. The average Bonchev–Trinajstić information content (AvgIpc) is 2.81. The van der Waals surface area contributed by atoms with Crippen LogP contribution >= 0.6 is 0 Å². The zero-order valence-electron chi connectivity index (χ0n) is 10.0. The fraction of sp³-hybridized carbons (Fsp3) is 0.636. The number of imide groups is 1. The molecule has 1 aromatic rings. The summed E-state index contributed by atoms with van der Waals surface area (Å²) in [5.41, 5.74) is -0.548. The molecular weight excluding hydrogens is 236 g/mol.